The van der Waals surface area contributed by atoms with E-state index in [0.29, 0.717) is 22.1 Å². The maximum absolute atomic E-state index is 13.9. The van der Waals surface area contributed by atoms with E-state index < -0.39 is 22.7 Å². The minimum atomic E-state index is -0.873. The second-order valence-electron chi connectivity index (χ2n) is 6.06. The van der Waals surface area contributed by atoms with Crippen LogP contribution in [-0.2, 0) is 0 Å². The van der Waals surface area contributed by atoms with Crippen LogP contribution in [0.15, 0.2) is 66.1 Å². The predicted octanol–water partition coefficient (Wildman–Crippen LogP) is 4.46. The summed E-state index contributed by atoms with van der Waals surface area (Å²) >= 11 is 1.18. The van der Waals surface area contributed by atoms with Crippen LogP contribution in [0.25, 0.3) is 16.7 Å². The minimum absolute atomic E-state index is 0.147. The topological polar surface area (TPSA) is 60.7 Å². The quantitative estimate of drug-likeness (QED) is 0.283. The standard InChI is InChI=1S/C20H14F2N4OS/c1-12(18(27)15-8-7-13(21)9-17(15)22)28-20-16-10-25-26(19(16)23-11-24-20)14-5-3-2-4-6-14/h2-12H,1H3. The van der Waals surface area contributed by atoms with Crippen molar-refractivity contribution < 1.29 is 13.6 Å². The highest BCUT2D eigenvalue weighted by molar-refractivity contribution is 8.00. The zero-order valence-electron chi connectivity index (χ0n) is 14.7. The Morgan fingerprint density at radius 3 is 2.64 bits per heavy atom. The van der Waals surface area contributed by atoms with Crippen molar-refractivity contribution in [2.24, 2.45) is 0 Å². The van der Waals surface area contributed by atoms with Crippen molar-refractivity contribution in [3.8, 4) is 5.69 Å². The van der Waals surface area contributed by atoms with Crippen molar-refractivity contribution >= 4 is 28.6 Å². The van der Waals surface area contributed by atoms with E-state index in [1.807, 2.05) is 30.3 Å². The average molecular weight is 396 g/mol. The molecule has 1 atom stereocenters. The molecule has 28 heavy (non-hydrogen) atoms. The lowest BCUT2D eigenvalue weighted by atomic mass is 10.1. The molecule has 0 spiro atoms. The van der Waals surface area contributed by atoms with Gasteiger partial charge in [0, 0.05) is 6.07 Å². The minimum Gasteiger partial charge on any atom is -0.293 e. The molecule has 0 fully saturated rings. The summed E-state index contributed by atoms with van der Waals surface area (Å²) in [6.07, 6.45) is 3.04. The van der Waals surface area contributed by atoms with E-state index in [1.165, 1.54) is 18.1 Å². The average Bonchev–Trinajstić information content (AvgIpc) is 3.13. The van der Waals surface area contributed by atoms with Gasteiger partial charge in [-0.3, -0.25) is 4.79 Å². The number of hydrogen-bond acceptors (Lipinski definition) is 5. The molecule has 2 heterocycles. The number of hydrogen-bond donors (Lipinski definition) is 0. The Morgan fingerprint density at radius 1 is 1.11 bits per heavy atom. The molecule has 140 valence electrons. The molecular weight excluding hydrogens is 382 g/mol. The molecule has 5 nitrogen and oxygen atoms in total. The van der Waals surface area contributed by atoms with E-state index >= 15 is 0 Å². The molecule has 0 radical (unpaired) electrons. The Bertz CT molecular complexity index is 1160. The van der Waals surface area contributed by atoms with Gasteiger partial charge in [0.25, 0.3) is 0 Å². The molecule has 2 aromatic heterocycles. The summed E-state index contributed by atoms with van der Waals surface area (Å²) in [5, 5.41) is 5.00. The highest BCUT2D eigenvalue weighted by Crippen LogP contribution is 2.30. The number of thioether (sulfide) groups is 1. The Kier molecular flexibility index (Phi) is 4.87. The number of benzene rings is 2. The largest absolute Gasteiger partial charge is 0.293 e. The molecule has 0 amide bonds. The van der Waals surface area contributed by atoms with E-state index in [2.05, 4.69) is 15.1 Å². The Hall–Kier alpha value is -3.13. The van der Waals surface area contributed by atoms with Crippen LogP contribution < -0.4 is 0 Å². The van der Waals surface area contributed by atoms with E-state index in [0.717, 1.165) is 17.8 Å². The normalized spacial score (nSPS) is 12.2. The summed E-state index contributed by atoms with van der Waals surface area (Å²) in [6.45, 7) is 1.66. The predicted molar refractivity (Wildman–Crippen MR) is 103 cm³/mol. The number of nitrogens with zero attached hydrogens (tertiary/aromatic N) is 4. The van der Waals surface area contributed by atoms with Crippen molar-refractivity contribution in [3.05, 3.63) is 78.3 Å². The van der Waals surface area contributed by atoms with E-state index in [9.17, 15) is 13.6 Å². The number of carbonyl (C=O) groups is 1. The van der Waals surface area contributed by atoms with Gasteiger partial charge < -0.3 is 0 Å². The second-order valence-corrected chi connectivity index (χ2v) is 7.39. The van der Waals surface area contributed by atoms with Gasteiger partial charge in [0.2, 0.25) is 0 Å². The number of Topliss-reactive ketones (excluding diaryl/α,β-unsaturated/α-hetero) is 1. The van der Waals surface area contributed by atoms with Crippen LogP contribution in [0.5, 0.6) is 0 Å². The van der Waals surface area contributed by atoms with Gasteiger partial charge in [-0.05, 0) is 31.2 Å². The number of ketones is 1. The van der Waals surface area contributed by atoms with E-state index in [4.69, 9.17) is 0 Å². The van der Waals surface area contributed by atoms with Crippen molar-refractivity contribution in [1.82, 2.24) is 19.7 Å². The first kappa shape index (κ1) is 18.2. The first-order valence-corrected chi connectivity index (χ1v) is 9.32. The van der Waals surface area contributed by atoms with Gasteiger partial charge in [0.05, 0.1) is 28.1 Å². The third kappa shape index (κ3) is 3.38. The molecule has 2 aromatic carbocycles. The molecule has 0 aliphatic carbocycles. The molecule has 0 aliphatic heterocycles. The Labute approximate surface area is 163 Å². The zero-order valence-corrected chi connectivity index (χ0v) is 15.5. The third-order valence-corrected chi connectivity index (χ3v) is 5.30. The highest BCUT2D eigenvalue weighted by atomic mass is 32.2. The third-order valence-electron chi connectivity index (χ3n) is 4.18. The molecule has 4 aromatic rings. The van der Waals surface area contributed by atoms with E-state index in [1.54, 1.807) is 17.8 Å². The molecule has 0 bridgehead atoms. The fourth-order valence-corrected chi connectivity index (χ4v) is 3.75. The fourth-order valence-electron chi connectivity index (χ4n) is 2.80. The second kappa shape index (κ2) is 7.47. The monoisotopic (exact) mass is 396 g/mol. The first-order valence-electron chi connectivity index (χ1n) is 8.44. The molecule has 0 aliphatic rings. The number of carbonyl (C=O) groups excluding carboxylic acids is 1. The molecule has 4 rings (SSSR count). The van der Waals surface area contributed by atoms with Crippen LogP contribution in [0.4, 0.5) is 8.78 Å². The van der Waals surface area contributed by atoms with Gasteiger partial charge in [-0.25, -0.2) is 23.4 Å². The van der Waals surface area contributed by atoms with Gasteiger partial charge in [-0.15, -0.1) is 0 Å². The van der Waals surface area contributed by atoms with E-state index in [-0.39, 0.29) is 5.56 Å². The number of rotatable bonds is 5. The van der Waals surface area contributed by atoms with Gasteiger partial charge in [-0.2, -0.15) is 5.10 Å². The lowest BCUT2D eigenvalue weighted by molar-refractivity contribution is 0.0990. The van der Waals surface area contributed by atoms with Crippen molar-refractivity contribution in [2.75, 3.05) is 0 Å². The van der Waals surface area contributed by atoms with Crippen molar-refractivity contribution in [3.63, 3.8) is 0 Å². The summed E-state index contributed by atoms with van der Waals surface area (Å²) in [7, 11) is 0. The maximum atomic E-state index is 13.9. The van der Waals surface area contributed by atoms with Crippen molar-refractivity contribution in [1.29, 1.82) is 0 Å². The van der Waals surface area contributed by atoms with Gasteiger partial charge >= 0.3 is 0 Å². The maximum Gasteiger partial charge on any atom is 0.178 e. The molecule has 1 unspecified atom stereocenters. The van der Waals surface area contributed by atoms with Crippen LogP contribution >= 0.6 is 11.8 Å². The van der Waals surface area contributed by atoms with Crippen LogP contribution in [-0.4, -0.2) is 30.8 Å². The van der Waals surface area contributed by atoms with Gasteiger partial charge in [0.15, 0.2) is 11.4 Å². The summed E-state index contributed by atoms with van der Waals surface area (Å²) in [6, 6.07) is 12.5. The van der Waals surface area contributed by atoms with Gasteiger partial charge in [-0.1, -0.05) is 30.0 Å². The lowest BCUT2D eigenvalue weighted by Crippen LogP contribution is -2.15. The zero-order chi connectivity index (χ0) is 19.7. The smallest absolute Gasteiger partial charge is 0.178 e. The van der Waals surface area contributed by atoms with Crippen molar-refractivity contribution in [2.45, 2.75) is 17.2 Å². The molecule has 0 saturated carbocycles. The fraction of sp³-hybridized carbons (Fsp3) is 0.100. The summed E-state index contributed by atoms with van der Waals surface area (Å²) in [5.74, 6) is -2.04. The SMILES string of the molecule is CC(Sc1ncnc2c1cnn2-c1ccccc1)C(=O)c1ccc(F)cc1F. The van der Waals surface area contributed by atoms with Crippen LogP contribution in [0.1, 0.15) is 17.3 Å². The van der Waals surface area contributed by atoms with Crippen LogP contribution in [0, 0.1) is 11.6 Å². The summed E-state index contributed by atoms with van der Waals surface area (Å²) < 4.78 is 28.7. The van der Waals surface area contributed by atoms with Crippen LogP contribution in [0.3, 0.4) is 0 Å². The van der Waals surface area contributed by atoms with Gasteiger partial charge in [0.1, 0.15) is 23.0 Å². The number of aromatic nitrogens is 4. The highest BCUT2D eigenvalue weighted by Gasteiger charge is 2.22. The molecule has 0 N–H and O–H groups in total. The number of para-hydroxylation sites is 1. The molecule has 8 heteroatoms. The molecular formula is C20H14F2N4OS. The summed E-state index contributed by atoms with van der Waals surface area (Å²) in [4.78, 5) is 21.2. The number of fused-ring (bicyclic) bond motifs is 1. The molecule has 0 saturated heterocycles. The number of halogens is 2. The summed E-state index contributed by atoms with van der Waals surface area (Å²) in [5.41, 5.74) is 1.31. The van der Waals surface area contributed by atoms with Crippen LogP contribution in [0.2, 0.25) is 0 Å². The lowest BCUT2D eigenvalue weighted by Gasteiger charge is -2.11. The Balaban J connectivity index is 1.65. The first-order chi connectivity index (χ1) is 13.5. The Morgan fingerprint density at radius 2 is 1.89 bits per heavy atom.